The van der Waals surface area contributed by atoms with Crippen LogP contribution < -0.4 is 10.1 Å². The van der Waals surface area contributed by atoms with Crippen LogP contribution in [0, 0.1) is 0 Å². The van der Waals surface area contributed by atoms with Crippen molar-refractivity contribution in [2.45, 2.75) is 39.0 Å². The van der Waals surface area contributed by atoms with E-state index in [-0.39, 0.29) is 24.5 Å². The number of hydrogen-bond donors (Lipinski definition) is 1. The van der Waals surface area contributed by atoms with Crippen molar-refractivity contribution >= 4 is 17.8 Å². The van der Waals surface area contributed by atoms with Crippen LogP contribution in [-0.4, -0.2) is 55.5 Å². The van der Waals surface area contributed by atoms with Crippen molar-refractivity contribution in [1.29, 1.82) is 0 Å². The largest absolute Gasteiger partial charge is 0.492 e. The molecule has 1 aliphatic heterocycles. The molecule has 1 N–H and O–H groups in total. The minimum atomic E-state index is -0.574. The quantitative estimate of drug-likeness (QED) is 0.551. The third-order valence-electron chi connectivity index (χ3n) is 4.27. The number of benzene rings is 1. The molecule has 27 heavy (non-hydrogen) atoms. The van der Waals surface area contributed by atoms with Crippen LogP contribution in [0.25, 0.3) is 0 Å². The highest BCUT2D eigenvalue weighted by atomic mass is 16.5. The molecule has 148 valence electrons. The molecule has 0 saturated carbocycles. The summed E-state index contributed by atoms with van der Waals surface area (Å²) in [4.78, 5) is 36.2. The topological polar surface area (TPSA) is 84.9 Å². The minimum absolute atomic E-state index is 0.0518. The van der Waals surface area contributed by atoms with Crippen molar-refractivity contribution in [3.05, 3.63) is 29.8 Å². The molecule has 7 nitrogen and oxygen atoms in total. The Morgan fingerprint density at radius 3 is 2.48 bits per heavy atom. The van der Waals surface area contributed by atoms with Gasteiger partial charge in [0.1, 0.15) is 18.9 Å². The zero-order valence-electron chi connectivity index (χ0n) is 16.2. The maximum Gasteiger partial charge on any atom is 0.326 e. The number of likely N-dealkylation sites (tertiary alicyclic amines) is 1. The fraction of sp³-hybridized carbons (Fsp3) is 0.550. The van der Waals surface area contributed by atoms with Gasteiger partial charge in [0.15, 0.2) is 6.61 Å². The fourth-order valence-electron chi connectivity index (χ4n) is 2.68. The molecule has 7 heteroatoms. The molecule has 0 aromatic heterocycles. The summed E-state index contributed by atoms with van der Waals surface area (Å²) in [6, 6.07) is 7.87. The van der Waals surface area contributed by atoms with Gasteiger partial charge in [0, 0.05) is 13.0 Å². The second-order valence-electron chi connectivity index (χ2n) is 7.55. The molecular weight excluding hydrogens is 348 g/mol. The summed E-state index contributed by atoms with van der Waals surface area (Å²) in [6.07, 6.45) is 1.22. The number of hydrogen-bond acceptors (Lipinski definition) is 5. The summed E-state index contributed by atoms with van der Waals surface area (Å²) in [5.41, 5.74) is 1.31. The normalized spacial score (nSPS) is 14.2. The molecule has 1 fully saturated rings. The van der Waals surface area contributed by atoms with Gasteiger partial charge in [-0.05, 0) is 29.5 Å². The summed E-state index contributed by atoms with van der Waals surface area (Å²) < 4.78 is 10.5. The third kappa shape index (κ3) is 6.92. The Labute approximate surface area is 160 Å². The molecular formula is C20H28N2O5. The van der Waals surface area contributed by atoms with Gasteiger partial charge in [-0.1, -0.05) is 32.9 Å². The lowest BCUT2D eigenvalue weighted by molar-refractivity contribution is -0.151. The monoisotopic (exact) mass is 376 g/mol. The highest BCUT2D eigenvalue weighted by molar-refractivity contribution is 5.85. The predicted octanol–water partition coefficient (Wildman–Crippen LogP) is 1.64. The standard InChI is InChI=1S/C20H28N2O5/c1-20(2,3)15-6-8-16(9-7-15)26-12-10-21-17(23)14-27-19(25)13-22-11-4-5-18(22)24/h6-9H,4-5,10-14H2,1-3H3,(H,21,23). The summed E-state index contributed by atoms with van der Waals surface area (Å²) >= 11 is 0. The summed E-state index contributed by atoms with van der Waals surface area (Å²) in [6.45, 7) is 7.17. The number of esters is 1. The highest BCUT2D eigenvalue weighted by Gasteiger charge is 2.23. The Balaban J connectivity index is 1.59. The Hall–Kier alpha value is -2.57. The Morgan fingerprint density at radius 1 is 1.19 bits per heavy atom. The van der Waals surface area contributed by atoms with Gasteiger partial charge in [-0.15, -0.1) is 0 Å². The van der Waals surface area contributed by atoms with Gasteiger partial charge in [-0.25, -0.2) is 0 Å². The summed E-state index contributed by atoms with van der Waals surface area (Å²) in [5.74, 6) is -0.290. The van der Waals surface area contributed by atoms with Gasteiger partial charge < -0.3 is 19.7 Å². The zero-order valence-corrected chi connectivity index (χ0v) is 16.2. The van der Waals surface area contributed by atoms with Crippen molar-refractivity contribution in [3.8, 4) is 5.75 Å². The van der Waals surface area contributed by atoms with Crippen LogP contribution in [0.2, 0.25) is 0 Å². The van der Waals surface area contributed by atoms with E-state index in [4.69, 9.17) is 9.47 Å². The molecule has 2 amide bonds. The van der Waals surface area contributed by atoms with E-state index in [9.17, 15) is 14.4 Å². The van der Waals surface area contributed by atoms with E-state index in [0.29, 0.717) is 26.1 Å². The first-order valence-electron chi connectivity index (χ1n) is 9.19. The highest BCUT2D eigenvalue weighted by Crippen LogP contribution is 2.24. The first-order chi connectivity index (χ1) is 12.8. The van der Waals surface area contributed by atoms with Gasteiger partial charge >= 0.3 is 5.97 Å². The molecule has 1 aromatic rings. The van der Waals surface area contributed by atoms with Crippen molar-refractivity contribution in [1.82, 2.24) is 10.2 Å². The van der Waals surface area contributed by atoms with Crippen LogP contribution in [0.15, 0.2) is 24.3 Å². The lowest BCUT2D eigenvalue weighted by Gasteiger charge is -2.19. The van der Waals surface area contributed by atoms with Crippen molar-refractivity contribution < 1.29 is 23.9 Å². The van der Waals surface area contributed by atoms with E-state index in [2.05, 4.69) is 26.1 Å². The first-order valence-corrected chi connectivity index (χ1v) is 9.19. The number of carbonyl (C=O) groups is 3. The number of ether oxygens (including phenoxy) is 2. The van der Waals surface area contributed by atoms with E-state index in [1.807, 2.05) is 24.3 Å². The molecule has 0 aliphatic carbocycles. The van der Waals surface area contributed by atoms with Crippen LogP contribution in [0.1, 0.15) is 39.2 Å². The number of nitrogens with zero attached hydrogens (tertiary/aromatic N) is 1. The molecule has 1 aromatic carbocycles. The molecule has 1 saturated heterocycles. The SMILES string of the molecule is CC(C)(C)c1ccc(OCCNC(=O)COC(=O)CN2CCCC2=O)cc1. The fourth-order valence-corrected chi connectivity index (χ4v) is 2.68. The average molecular weight is 376 g/mol. The molecule has 1 aliphatic rings. The molecule has 0 radical (unpaired) electrons. The Kier molecular flexibility index (Phi) is 7.21. The van der Waals surface area contributed by atoms with Gasteiger partial charge in [-0.2, -0.15) is 0 Å². The van der Waals surface area contributed by atoms with Gasteiger partial charge in [0.2, 0.25) is 5.91 Å². The Morgan fingerprint density at radius 2 is 1.89 bits per heavy atom. The first kappa shape index (κ1) is 20.7. The third-order valence-corrected chi connectivity index (χ3v) is 4.27. The van der Waals surface area contributed by atoms with E-state index >= 15 is 0 Å². The van der Waals surface area contributed by atoms with Crippen LogP contribution in [0.5, 0.6) is 5.75 Å². The van der Waals surface area contributed by atoms with Crippen LogP contribution >= 0.6 is 0 Å². The van der Waals surface area contributed by atoms with E-state index in [0.717, 1.165) is 12.2 Å². The van der Waals surface area contributed by atoms with Crippen LogP contribution in [0.3, 0.4) is 0 Å². The van der Waals surface area contributed by atoms with Crippen molar-refractivity contribution in [3.63, 3.8) is 0 Å². The van der Waals surface area contributed by atoms with Crippen molar-refractivity contribution in [2.24, 2.45) is 0 Å². The predicted molar refractivity (Wildman–Crippen MR) is 100 cm³/mol. The smallest absolute Gasteiger partial charge is 0.326 e. The minimum Gasteiger partial charge on any atom is -0.492 e. The second kappa shape index (κ2) is 9.39. The molecule has 1 heterocycles. The summed E-state index contributed by atoms with van der Waals surface area (Å²) in [7, 11) is 0. The lowest BCUT2D eigenvalue weighted by Crippen LogP contribution is -2.35. The lowest BCUT2D eigenvalue weighted by atomic mass is 9.87. The molecule has 0 atom stereocenters. The Bertz CT molecular complexity index is 664. The van der Waals surface area contributed by atoms with E-state index in [1.54, 1.807) is 0 Å². The van der Waals surface area contributed by atoms with Crippen LogP contribution in [0.4, 0.5) is 0 Å². The molecule has 2 rings (SSSR count). The van der Waals surface area contributed by atoms with Gasteiger partial charge in [-0.3, -0.25) is 14.4 Å². The molecule has 0 spiro atoms. The number of carbonyl (C=O) groups excluding carboxylic acids is 3. The van der Waals surface area contributed by atoms with Crippen molar-refractivity contribution in [2.75, 3.05) is 32.8 Å². The maximum atomic E-state index is 11.7. The maximum absolute atomic E-state index is 11.7. The number of rotatable bonds is 8. The van der Waals surface area contributed by atoms with Gasteiger partial charge in [0.05, 0.1) is 6.54 Å². The van der Waals surface area contributed by atoms with Crippen LogP contribution in [-0.2, 0) is 24.5 Å². The second-order valence-corrected chi connectivity index (χ2v) is 7.55. The molecule has 0 unspecified atom stereocenters. The summed E-state index contributed by atoms with van der Waals surface area (Å²) in [5, 5.41) is 2.62. The van der Waals surface area contributed by atoms with E-state index < -0.39 is 11.9 Å². The number of nitrogens with one attached hydrogen (secondary N) is 1. The average Bonchev–Trinajstić information content (AvgIpc) is 3.01. The number of amides is 2. The van der Waals surface area contributed by atoms with E-state index in [1.165, 1.54) is 10.5 Å². The zero-order chi connectivity index (χ0) is 19.9. The molecule has 0 bridgehead atoms. The van der Waals surface area contributed by atoms with Gasteiger partial charge in [0.25, 0.3) is 5.91 Å².